The standard InChI is InChI=1S/C30H32As2/c1(15-25-31(27-17-7-3-8-18-27)28-19-9-4-10-20-28)2-16-26-32(29-21-11-5-12-22-29)30-23-13-6-14-24-30/h3-14,17-24H,1-2,15-16,25-26H2. The van der Waals surface area contributed by atoms with Crippen molar-refractivity contribution in [1.82, 2.24) is 0 Å². The van der Waals surface area contributed by atoms with Crippen LogP contribution in [0, 0.1) is 0 Å². The van der Waals surface area contributed by atoms with Gasteiger partial charge in [0, 0.05) is 0 Å². The van der Waals surface area contributed by atoms with E-state index in [0.717, 1.165) is 0 Å². The summed E-state index contributed by atoms with van der Waals surface area (Å²) < 4.78 is 6.36. The summed E-state index contributed by atoms with van der Waals surface area (Å²) in [5, 5.41) is 2.75. The molecule has 0 nitrogen and oxygen atoms in total. The van der Waals surface area contributed by atoms with Gasteiger partial charge in [-0.15, -0.1) is 0 Å². The van der Waals surface area contributed by atoms with Crippen LogP contribution in [0.3, 0.4) is 0 Å². The van der Waals surface area contributed by atoms with Gasteiger partial charge in [-0.05, 0) is 0 Å². The van der Waals surface area contributed by atoms with Gasteiger partial charge in [-0.3, -0.25) is 0 Å². The Hall–Kier alpha value is -2.00. The van der Waals surface area contributed by atoms with E-state index < -0.39 is 29.3 Å². The van der Waals surface area contributed by atoms with E-state index in [1.54, 1.807) is 17.4 Å². The first-order valence-electron chi connectivity index (χ1n) is 11.7. The minimum absolute atomic E-state index is 1.19. The average molecular weight is 542 g/mol. The molecule has 0 aliphatic heterocycles. The molecule has 0 saturated carbocycles. The predicted molar refractivity (Wildman–Crippen MR) is 144 cm³/mol. The molecule has 4 aromatic rings. The van der Waals surface area contributed by atoms with Crippen LogP contribution in [0.5, 0.6) is 0 Å². The third-order valence-corrected chi connectivity index (χ3v) is 16.7. The maximum atomic E-state index is 2.35. The molecule has 0 fully saturated rings. The molecule has 0 amide bonds. The molecule has 0 saturated heterocycles. The molecule has 32 heavy (non-hydrogen) atoms. The molecular weight excluding hydrogens is 510 g/mol. The number of unbranched alkanes of at least 4 members (excludes halogenated alkanes) is 3. The van der Waals surface area contributed by atoms with Crippen molar-refractivity contribution in [3.63, 3.8) is 0 Å². The summed E-state index contributed by atoms with van der Waals surface area (Å²) in [5.41, 5.74) is 0. The number of rotatable bonds is 11. The minimum atomic E-state index is -1.19. The van der Waals surface area contributed by atoms with Crippen molar-refractivity contribution in [3.05, 3.63) is 121 Å². The molecule has 0 aliphatic rings. The van der Waals surface area contributed by atoms with Crippen LogP contribution in [0.4, 0.5) is 0 Å². The van der Waals surface area contributed by atoms with Gasteiger partial charge >= 0.3 is 204 Å². The summed E-state index contributed by atoms with van der Waals surface area (Å²) in [6.45, 7) is 0. The van der Waals surface area contributed by atoms with E-state index in [9.17, 15) is 0 Å². The van der Waals surface area contributed by atoms with Gasteiger partial charge in [-0.1, -0.05) is 0 Å². The normalized spacial score (nSPS) is 11.2. The summed E-state index contributed by atoms with van der Waals surface area (Å²) in [4.78, 5) is 0. The van der Waals surface area contributed by atoms with Crippen molar-refractivity contribution in [3.8, 4) is 0 Å². The first kappa shape index (κ1) is 23.2. The van der Waals surface area contributed by atoms with Gasteiger partial charge in [0.1, 0.15) is 0 Å². The summed E-state index contributed by atoms with van der Waals surface area (Å²) in [6.07, 6.45) is 5.42. The molecule has 0 N–H and O–H groups in total. The molecule has 0 aliphatic carbocycles. The molecule has 162 valence electrons. The topological polar surface area (TPSA) is 0 Å². The number of hydrogen-bond donors (Lipinski definition) is 0. The van der Waals surface area contributed by atoms with Gasteiger partial charge in [0.15, 0.2) is 0 Å². The second-order valence-electron chi connectivity index (χ2n) is 8.06. The van der Waals surface area contributed by atoms with Crippen LogP contribution in [0.25, 0.3) is 0 Å². The van der Waals surface area contributed by atoms with E-state index in [1.165, 1.54) is 36.1 Å². The van der Waals surface area contributed by atoms with E-state index in [0.29, 0.717) is 0 Å². The Morgan fingerprint density at radius 1 is 0.312 bits per heavy atom. The monoisotopic (exact) mass is 542 g/mol. The van der Waals surface area contributed by atoms with Gasteiger partial charge in [0.25, 0.3) is 0 Å². The van der Waals surface area contributed by atoms with Gasteiger partial charge in [0.2, 0.25) is 0 Å². The Bertz CT molecular complexity index is 851. The molecule has 0 bridgehead atoms. The van der Waals surface area contributed by atoms with Crippen LogP contribution in [0.2, 0.25) is 10.4 Å². The Labute approximate surface area is 203 Å². The van der Waals surface area contributed by atoms with Gasteiger partial charge in [0.05, 0.1) is 0 Å². The third-order valence-electron chi connectivity index (χ3n) is 5.78. The fourth-order valence-corrected chi connectivity index (χ4v) is 14.3. The second kappa shape index (κ2) is 12.9. The number of hydrogen-bond acceptors (Lipinski definition) is 0. The fraction of sp³-hybridized carbons (Fsp3) is 0.200. The molecule has 0 aromatic heterocycles. The summed E-state index contributed by atoms with van der Waals surface area (Å²) in [6, 6.07) is 45.0. The van der Waals surface area contributed by atoms with E-state index >= 15 is 0 Å². The van der Waals surface area contributed by atoms with Crippen LogP contribution in [0.1, 0.15) is 25.7 Å². The van der Waals surface area contributed by atoms with Crippen molar-refractivity contribution >= 4 is 46.7 Å². The van der Waals surface area contributed by atoms with Crippen molar-refractivity contribution in [1.29, 1.82) is 0 Å². The molecule has 4 aromatic carbocycles. The Morgan fingerprint density at radius 3 is 0.812 bits per heavy atom. The zero-order valence-corrected chi connectivity index (χ0v) is 22.4. The van der Waals surface area contributed by atoms with E-state index in [2.05, 4.69) is 121 Å². The van der Waals surface area contributed by atoms with Crippen LogP contribution in [-0.2, 0) is 0 Å². The Kier molecular flexibility index (Phi) is 9.33. The Morgan fingerprint density at radius 2 is 0.562 bits per heavy atom. The Balaban J connectivity index is 1.31. The molecule has 0 atom stereocenters. The third kappa shape index (κ3) is 6.75. The van der Waals surface area contributed by atoms with E-state index in [1.807, 2.05) is 0 Å². The molecule has 0 spiro atoms. The molecular formula is C30H32As2. The van der Waals surface area contributed by atoms with Crippen LogP contribution < -0.4 is 17.4 Å². The molecule has 0 radical (unpaired) electrons. The molecule has 4 rings (SSSR count). The van der Waals surface area contributed by atoms with Gasteiger partial charge < -0.3 is 0 Å². The zero-order valence-electron chi connectivity index (χ0n) is 18.7. The van der Waals surface area contributed by atoms with E-state index in [4.69, 9.17) is 0 Å². The van der Waals surface area contributed by atoms with E-state index in [-0.39, 0.29) is 0 Å². The molecule has 0 heterocycles. The van der Waals surface area contributed by atoms with Crippen molar-refractivity contribution < 1.29 is 0 Å². The van der Waals surface area contributed by atoms with Gasteiger partial charge in [-0.25, -0.2) is 0 Å². The summed E-state index contributed by atoms with van der Waals surface area (Å²) in [7, 11) is 0. The molecule has 0 unspecified atom stereocenters. The van der Waals surface area contributed by atoms with Crippen molar-refractivity contribution in [2.75, 3.05) is 0 Å². The van der Waals surface area contributed by atoms with Crippen LogP contribution in [0.15, 0.2) is 121 Å². The second-order valence-corrected chi connectivity index (χ2v) is 17.9. The summed E-state index contributed by atoms with van der Waals surface area (Å²) in [5.74, 6) is 0. The SMILES string of the molecule is c1ccc([As](CCCCCC[As](c2ccccc2)c2ccccc2)c2ccccc2)cc1. The average Bonchev–Trinajstić information content (AvgIpc) is 2.88. The number of benzene rings is 4. The summed E-state index contributed by atoms with van der Waals surface area (Å²) >= 11 is -2.38. The molecule has 2 heteroatoms. The first-order valence-corrected chi connectivity index (χ1v) is 18.1. The van der Waals surface area contributed by atoms with Crippen molar-refractivity contribution in [2.24, 2.45) is 0 Å². The first-order chi connectivity index (χ1) is 15.9. The fourth-order valence-electron chi connectivity index (χ4n) is 4.14. The van der Waals surface area contributed by atoms with Crippen LogP contribution >= 0.6 is 0 Å². The van der Waals surface area contributed by atoms with Crippen LogP contribution in [-0.4, -0.2) is 29.3 Å². The maximum absolute atomic E-state index is 2.35. The quantitative estimate of drug-likeness (QED) is 0.181. The zero-order chi connectivity index (χ0) is 21.8. The predicted octanol–water partition coefficient (Wildman–Crippen LogP) is 5.17. The van der Waals surface area contributed by atoms with Gasteiger partial charge in [-0.2, -0.15) is 0 Å². The van der Waals surface area contributed by atoms with Crippen molar-refractivity contribution in [2.45, 2.75) is 36.1 Å².